The van der Waals surface area contributed by atoms with E-state index in [2.05, 4.69) is 10.3 Å². The normalized spacial score (nSPS) is 18.5. The van der Waals surface area contributed by atoms with Crippen molar-refractivity contribution >= 4 is 29.2 Å². The summed E-state index contributed by atoms with van der Waals surface area (Å²) in [5, 5.41) is 4.04. The van der Waals surface area contributed by atoms with Crippen LogP contribution in [-0.4, -0.2) is 22.5 Å². The smallest absolute Gasteiger partial charge is 0.318 e. The Morgan fingerprint density at radius 1 is 1.29 bits per heavy atom. The van der Waals surface area contributed by atoms with Crippen molar-refractivity contribution in [3.8, 4) is 0 Å². The van der Waals surface area contributed by atoms with E-state index in [0.29, 0.717) is 10.0 Å². The SMILES string of the molecule is C[C@@H](NC(=O)N1CCC[C@H]1c1ccccn1)c1ccc(Cl)c(Cl)c1. The Kier molecular flexibility index (Phi) is 5.27. The molecule has 0 saturated carbocycles. The molecule has 1 aliphatic heterocycles. The number of carbonyl (C=O) groups is 1. The topological polar surface area (TPSA) is 45.2 Å². The van der Waals surface area contributed by atoms with Gasteiger partial charge in [0, 0.05) is 12.7 Å². The number of amides is 2. The molecule has 0 radical (unpaired) electrons. The second kappa shape index (κ2) is 7.41. The van der Waals surface area contributed by atoms with E-state index in [4.69, 9.17) is 23.2 Å². The molecule has 126 valence electrons. The molecule has 0 bridgehead atoms. The third-order valence-electron chi connectivity index (χ3n) is 4.33. The fourth-order valence-corrected chi connectivity index (χ4v) is 3.33. The lowest BCUT2D eigenvalue weighted by Gasteiger charge is -2.26. The second-order valence-electron chi connectivity index (χ2n) is 5.95. The van der Waals surface area contributed by atoms with Crippen molar-refractivity contribution in [1.29, 1.82) is 0 Å². The zero-order valence-corrected chi connectivity index (χ0v) is 14.9. The van der Waals surface area contributed by atoms with Crippen LogP contribution in [0.5, 0.6) is 0 Å². The quantitative estimate of drug-likeness (QED) is 0.833. The van der Waals surface area contributed by atoms with Crippen LogP contribution < -0.4 is 5.32 Å². The number of likely N-dealkylation sites (tertiary alicyclic amines) is 1. The van der Waals surface area contributed by atoms with Gasteiger partial charge in [-0.3, -0.25) is 4.98 Å². The van der Waals surface area contributed by atoms with Gasteiger partial charge in [0.05, 0.1) is 27.8 Å². The molecule has 6 heteroatoms. The number of aromatic nitrogens is 1. The highest BCUT2D eigenvalue weighted by molar-refractivity contribution is 6.42. The summed E-state index contributed by atoms with van der Waals surface area (Å²) < 4.78 is 0. The van der Waals surface area contributed by atoms with Crippen molar-refractivity contribution in [3.63, 3.8) is 0 Å². The largest absolute Gasteiger partial charge is 0.331 e. The standard InChI is InChI=1S/C18H19Cl2N3O/c1-12(13-7-8-14(19)15(20)11-13)22-18(24)23-10-4-6-17(23)16-5-2-3-9-21-16/h2-3,5,7-9,11-12,17H,4,6,10H2,1H3,(H,22,24)/t12-,17+/m1/s1. The van der Waals surface area contributed by atoms with Gasteiger partial charge in [-0.2, -0.15) is 0 Å². The molecule has 2 aromatic rings. The maximum absolute atomic E-state index is 12.7. The van der Waals surface area contributed by atoms with Crippen LogP contribution in [0.2, 0.25) is 10.0 Å². The maximum Gasteiger partial charge on any atom is 0.318 e. The Morgan fingerprint density at radius 3 is 2.83 bits per heavy atom. The highest BCUT2D eigenvalue weighted by Gasteiger charge is 2.31. The van der Waals surface area contributed by atoms with Gasteiger partial charge in [-0.15, -0.1) is 0 Å². The van der Waals surface area contributed by atoms with Crippen LogP contribution >= 0.6 is 23.2 Å². The number of halogens is 2. The molecule has 2 atom stereocenters. The van der Waals surface area contributed by atoms with E-state index in [1.54, 1.807) is 18.3 Å². The average molecular weight is 364 g/mol. The van der Waals surface area contributed by atoms with E-state index in [0.717, 1.165) is 30.6 Å². The predicted octanol–water partition coefficient (Wildman–Crippen LogP) is 5.00. The molecule has 1 fully saturated rings. The van der Waals surface area contributed by atoms with Crippen molar-refractivity contribution < 1.29 is 4.79 Å². The summed E-state index contributed by atoms with van der Waals surface area (Å²) in [4.78, 5) is 18.9. The van der Waals surface area contributed by atoms with Crippen LogP contribution in [0.3, 0.4) is 0 Å². The highest BCUT2D eigenvalue weighted by Crippen LogP contribution is 2.31. The predicted molar refractivity (Wildman–Crippen MR) is 96.3 cm³/mol. The fourth-order valence-electron chi connectivity index (χ4n) is 3.02. The van der Waals surface area contributed by atoms with Gasteiger partial charge in [-0.05, 0) is 49.6 Å². The molecule has 2 amide bonds. The molecular formula is C18H19Cl2N3O. The molecule has 1 aromatic heterocycles. The number of urea groups is 1. The number of rotatable bonds is 3. The summed E-state index contributed by atoms with van der Waals surface area (Å²) in [7, 11) is 0. The molecule has 0 unspecified atom stereocenters. The number of benzene rings is 1. The van der Waals surface area contributed by atoms with Crippen LogP contribution in [0.1, 0.15) is 43.1 Å². The Labute approximate surface area is 151 Å². The van der Waals surface area contributed by atoms with Crippen molar-refractivity contribution in [2.75, 3.05) is 6.54 Å². The van der Waals surface area contributed by atoms with Crippen LogP contribution in [0.4, 0.5) is 4.79 Å². The molecule has 1 saturated heterocycles. The Morgan fingerprint density at radius 2 is 2.12 bits per heavy atom. The van der Waals surface area contributed by atoms with Crippen LogP contribution in [0.15, 0.2) is 42.6 Å². The summed E-state index contributed by atoms with van der Waals surface area (Å²) in [6.07, 6.45) is 3.68. The van der Waals surface area contributed by atoms with Gasteiger partial charge >= 0.3 is 6.03 Å². The summed E-state index contributed by atoms with van der Waals surface area (Å²) in [5.74, 6) is 0. The molecule has 1 aromatic carbocycles. The van der Waals surface area contributed by atoms with E-state index < -0.39 is 0 Å². The number of carbonyl (C=O) groups excluding carboxylic acids is 1. The van der Waals surface area contributed by atoms with E-state index in [1.807, 2.05) is 36.1 Å². The summed E-state index contributed by atoms with van der Waals surface area (Å²) in [6, 6.07) is 11.0. The summed E-state index contributed by atoms with van der Waals surface area (Å²) in [6.45, 7) is 2.67. The molecule has 1 N–H and O–H groups in total. The third-order valence-corrected chi connectivity index (χ3v) is 5.07. The molecule has 4 nitrogen and oxygen atoms in total. The number of hydrogen-bond donors (Lipinski definition) is 1. The van der Waals surface area contributed by atoms with Gasteiger partial charge in [-0.1, -0.05) is 35.3 Å². The van der Waals surface area contributed by atoms with Crippen molar-refractivity contribution in [2.45, 2.75) is 31.8 Å². The Hall–Kier alpha value is -1.78. The van der Waals surface area contributed by atoms with Gasteiger partial charge in [0.25, 0.3) is 0 Å². The van der Waals surface area contributed by atoms with Crippen LogP contribution in [0.25, 0.3) is 0 Å². The molecule has 3 rings (SSSR count). The van der Waals surface area contributed by atoms with Gasteiger partial charge in [-0.25, -0.2) is 4.79 Å². The maximum atomic E-state index is 12.7. The molecular weight excluding hydrogens is 345 g/mol. The van der Waals surface area contributed by atoms with Crippen molar-refractivity contribution in [2.24, 2.45) is 0 Å². The lowest BCUT2D eigenvalue weighted by atomic mass is 10.1. The van der Waals surface area contributed by atoms with Gasteiger partial charge < -0.3 is 10.2 Å². The lowest BCUT2D eigenvalue weighted by molar-refractivity contribution is 0.189. The van der Waals surface area contributed by atoms with Crippen molar-refractivity contribution in [3.05, 3.63) is 63.9 Å². The third kappa shape index (κ3) is 3.65. The first-order valence-electron chi connectivity index (χ1n) is 7.99. The minimum absolute atomic E-state index is 0.0344. The summed E-state index contributed by atoms with van der Waals surface area (Å²) >= 11 is 12.0. The number of pyridine rings is 1. The van der Waals surface area contributed by atoms with Gasteiger partial charge in [0.15, 0.2) is 0 Å². The first kappa shape index (κ1) is 17.1. The second-order valence-corrected chi connectivity index (χ2v) is 6.77. The van der Waals surface area contributed by atoms with Crippen molar-refractivity contribution in [1.82, 2.24) is 15.2 Å². The van der Waals surface area contributed by atoms with E-state index in [1.165, 1.54) is 0 Å². The average Bonchev–Trinajstić information content (AvgIpc) is 3.08. The monoisotopic (exact) mass is 363 g/mol. The zero-order valence-electron chi connectivity index (χ0n) is 13.4. The molecule has 24 heavy (non-hydrogen) atoms. The lowest BCUT2D eigenvalue weighted by Crippen LogP contribution is -2.40. The first-order chi connectivity index (χ1) is 11.6. The van der Waals surface area contributed by atoms with E-state index in [-0.39, 0.29) is 18.1 Å². The number of nitrogens with zero attached hydrogens (tertiary/aromatic N) is 2. The molecule has 1 aliphatic rings. The number of hydrogen-bond acceptors (Lipinski definition) is 2. The molecule has 0 aliphatic carbocycles. The Balaban J connectivity index is 1.70. The van der Waals surface area contributed by atoms with E-state index in [9.17, 15) is 4.79 Å². The first-order valence-corrected chi connectivity index (χ1v) is 8.75. The van der Waals surface area contributed by atoms with E-state index >= 15 is 0 Å². The zero-order chi connectivity index (χ0) is 17.1. The summed E-state index contributed by atoms with van der Waals surface area (Å²) in [5.41, 5.74) is 1.86. The molecule has 2 heterocycles. The van der Waals surface area contributed by atoms with Gasteiger partial charge in [0.1, 0.15) is 0 Å². The van der Waals surface area contributed by atoms with Crippen LogP contribution in [0, 0.1) is 0 Å². The minimum Gasteiger partial charge on any atom is -0.331 e. The molecule has 0 spiro atoms. The fraction of sp³-hybridized carbons (Fsp3) is 0.333. The van der Waals surface area contributed by atoms with Gasteiger partial charge in [0.2, 0.25) is 0 Å². The minimum atomic E-state index is -0.155. The van der Waals surface area contributed by atoms with Crippen LogP contribution in [-0.2, 0) is 0 Å². The highest BCUT2D eigenvalue weighted by atomic mass is 35.5. The Bertz CT molecular complexity index is 723. The number of nitrogens with one attached hydrogen (secondary N) is 1.